The Hall–Kier alpha value is -1.41. The van der Waals surface area contributed by atoms with Crippen molar-refractivity contribution in [2.45, 2.75) is 6.61 Å². The molecular weight excluding hydrogens is 357 g/mol. The highest BCUT2D eigenvalue weighted by Gasteiger charge is 2.07. The number of hydrogen-bond donors (Lipinski definition) is 1. The van der Waals surface area contributed by atoms with Gasteiger partial charge in [-0.1, -0.05) is 12.1 Å². The number of anilines is 1. The number of nitrogens with zero attached hydrogens (tertiary/aromatic N) is 2. The van der Waals surface area contributed by atoms with Crippen molar-refractivity contribution in [3.63, 3.8) is 0 Å². The minimum absolute atomic E-state index is 0.345. The molecule has 0 saturated carbocycles. The van der Waals surface area contributed by atoms with Crippen LogP contribution in [0.1, 0.15) is 5.82 Å². The van der Waals surface area contributed by atoms with Crippen LogP contribution < -0.4 is 10.1 Å². The van der Waals surface area contributed by atoms with E-state index in [0.29, 0.717) is 24.1 Å². The van der Waals surface area contributed by atoms with Crippen LogP contribution in [0.2, 0.25) is 0 Å². The first-order chi connectivity index (χ1) is 9.22. The summed E-state index contributed by atoms with van der Waals surface area (Å²) in [6.45, 7) is 0.345. The summed E-state index contributed by atoms with van der Waals surface area (Å²) in [5, 5.41) is 2.98. The number of para-hydroxylation sites is 1. The van der Waals surface area contributed by atoms with Crippen molar-refractivity contribution >= 4 is 28.4 Å². The molecule has 0 aliphatic rings. The quantitative estimate of drug-likeness (QED) is 0.819. The normalized spacial score (nSPS) is 10.3. The smallest absolute Gasteiger partial charge is 0.224 e. The predicted octanol–water partition coefficient (Wildman–Crippen LogP) is 3.06. The van der Waals surface area contributed by atoms with Crippen LogP contribution in [0.4, 0.5) is 5.82 Å². The van der Waals surface area contributed by atoms with E-state index in [2.05, 4.69) is 37.9 Å². The number of ether oxygens (including phenoxy) is 2. The van der Waals surface area contributed by atoms with E-state index in [1.807, 2.05) is 24.3 Å². The summed E-state index contributed by atoms with van der Waals surface area (Å²) < 4.78 is 11.9. The van der Waals surface area contributed by atoms with Gasteiger partial charge in [0.05, 0.1) is 3.57 Å². The fourth-order valence-electron chi connectivity index (χ4n) is 1.49. The second kappa shape index (κ2) is 6.67. The van der Waals surface area contributed by atoms with Crippen LogP contribution in [0.3, 0.4) is 0 Å². The highest BCUT2D eigenvalue weighted by molar-refractivity contribution is 14.1. The van der Waals surface area contributed by atoms with Gasteiger partial charge in [0.1, 0.15) is 18.2 Å². The molecule has 1 aromatic heterocycles. The summed E-state index contributed by atoms with van der Waals surface area (Å²) in [5.41, 5.74) is 0. The minimum Gasteiger partial charge on any atom is -0.438 e. The molecule has 0 spiro atoms. The minimum atomic E-state index is 0.345. The monoisotopic (exact) mass is 371 g/mol. The van der Waals surface area contributed by atoms with Gasteiger partial charge in [0.2, 0.25) is 5.88 Å². The number of hydrogen-bond acceptors (Lipinski definition) is 5. The van der Waals surface area contributed by atoms with Crippen LogP contribution in [0.25, 0.3) is 0 Å². The molecule has 2 aromatic rings. The number of rotatable bonds is 5. The van der Waals surface area contributed by atoms with Gasteiger partial charge in [-0.2, -0.15) is 4.98 Å². The van der Waals surface area contributed by atoms with Crippen molar-refractivity contribution in [3.05, 3.63) is 39.7 Å². The largest absolute Gasteiger partial charge is 0.438 e. The zero-order chi connectivity index (χ0) is 13.7. The van der Waals surface area contributed by atoms with Gasteiger partial charge in [-0.05, 0) is 34.7 Å². The lowest BCUT2D eigenvalue weighted by Crippen LogP contribution is -2.03. The van der Waals surface area contributed by atoms with Gasteiger partial charge < -0.3 is 14.8 Å². The molecule has 1 N–H and O–H groups in total. The lowest BCUT2D eigenvalue weighted by atomic mass is 10.3. The summed E-state index contributed by atoms with van der Waals surface area (Å²) in [4.78, 5) is 8.58. The van der Waals surface area contributed by atoms with E-state index in [9.17, 15) is 0 Å². The molecule has 0 fully saturated rings. The van der Waals surface area contributed by atoms with Gasteiger partial charge in [0.15, 0.2) is 5.82 Å². The lowest BCUT2D eigenvalue weighted by molar-refractivity contribution is 0.177. The standard InChI is InChI=1S/C13H14IN3O2/c1-15-11-7-13(17-12(16-11)8-18-2)19-10-6-4-3-5-9(10)14/h3-7H,8H2,1-2H3,(H,15,16,17). The first-order valence-electron chi connectivity index (χ1n) is 5.70. The fraction of sp³-hybridized carbons (Fsp3) is 0.231. The molecule has 1 aromatic carbocycles. The molecule has 6 heteroatoms. The van der Waals surface area contributed by atoms with Crippen LogP contribution in [0, 0.1) is 3.57 Å². The van der Waals surface area contributed by atoms with E-state index in [1.165, 1.54) is 0 Å². The molecule has 0 unspecified atom stereocenters. The highest BCUT2D eigenvalue weighted by atomic mass is 127. The SMILES string of the molecule is CNc1cc(Oc2ccccc2I)nc(COC)n1. The molecule has 5 nitrogen and oxygen atoms in total. The van der Waals surface area contributed by atoms with Crippen molar-refractivity contribution in [1.29, 1.82) is 0 Å². The van der Waals surface area contributed by atoms with Gasteiger partial charge >= 0.3 is 0 Å². The maximum absolute atomic E-state index is 5.78. The fourth-order valence-corrected chi connectivity index (χ4v) is 1.98. The third kappa shape index (κ3) is 3.77. The van der Waals surface area contributed by atoms with E-state index in [-0.39, 0.29) is 0 Å². The van der Waals surface area contributed by atoms with E-state index >= 15 is 0 Å². The van der Waals surface area contributed by atoms with Crippen LogP contribution in [0.15, 0.2) is 30.3 Å². The van der Waals surface area contributed by atoms with Gasteiger partial charge in [0, 0.05) is 20.2 Å². The van der Waals surface area contributed by atoms with Crippen LogP contribution in [0.5, 0.6) is 11.6 Å². The van der Waals surface area contributed by atoms with Crippen molar-refractivity contribution in [2.24, 2.45) is 0 Å². The maximum atomic E-state index is 5.78. The number of halogens is 1. The molecule has 0 bridgehead atoms. The third-order valence-corrected chi connectivity index (χ3v) is 3.22. The number of methoxy groups -OCH3 is 1. The molecular formula is C13H14IN3O2. The zero-order valence-electron chi connectivity index (χ0n) is 10.7. The van der Waals surface area contributed by atoms with Gasteiger partial charge in [0.25, 0.3) is 0 Å². The summed E-state index contributed by atoms with van der Waals surface area (Å²) in [6, 6.07) is 9.52. The highest BCUT2D eigenvalue weighted by Crippen LogP contribution is 2.26. The van der Waals surface area contributed by atoms with Gasteiger partial charge in [-0.3, -0.25) is 0 Å². The molecule has 100 valence electrons. The van der Waals surface area contributed by atoms with Crippen LogP contribution >= 0.6 is 22.6 Å². The first kappa shape index (κ1) is 14.0. The van der Waals surface area contributed by atoms with Gasteiger partial charge in [-0.25, -0.2) is 4.98 Å². The molecule has 0 radical (unpaired) electrons. The zero-order valence-corrected chi connectivity index (χ0v) is 12.8. The Morgan fingerprint density at radius 2 is 2.05 bits per heavy atom. The Balaban J connectivity index is 2.29. The van der Waals surface area contributed by atoms with E-state index in [1.54, 1.807) is 20.2 Å². The van der Waals surface area contributed by atoms with Crippen molar-refractivity contribution in [3.8, 4) is 11.6 Å². The number of nitrogens with one attached hydrogen (secondary N) is 1. The molecule has 0 aliphatic carbocycles. The summed E-state index contributed by atoms with van der Waals surface area (Å²) >= 11 is 2.22. The average Bonchev–Trinajstić information content (AvgIpc) is 2.41. The molecule has 0 aliphatic heterocycles. The Kier molecular flexibility index (Phi) is 4.92. The predicted molar refractivity (Wildman–Crippen MR) is 81.5 cm³/mol. The van der Waals surface area contributed by atoms with Gasteiger partial charge in [-0.15, -0.1) is 0 Å². The number of benzene rings is 1. The molecule has 1 heterocycles. The Morgan fingerprint density at radius 3 is 2.74 bits per heavy atom. The molecule has 2 rings (SSSR count). The summed E-state index contributed by atoms with van der Waals surface area (Å²) in [7, 11) is 3.41. The van der Waals surface area contributed by atoms with E-state index in [4.69, 9.17) is 9.47 Å². The maximum Gasteiger partial charge on any atom is 0.224 e. The van der Waals surface area contributed by atoms with E-state index < -0.39 is 0 Å². The lowest BCUT2D eigenvalue weighted by Gasteiger charge is -2.09. The second-order valence-corrected chi connectivity index (χ2v) is 4.89. The molecule has 0 saturated heterocycles. The molecule has 0 atom stereocenters. The summed E-state index contributed by atoms with van der Waals surface area (Å²) in [6.07, 6.45) is 0. The third-order valence-electron chi connectivity index (χ3n) is 2.33. The van der Waals surface area contributed by atoms with Crippen molar-refractivity contribution in [1.82, 2.24) is 9.97 Å². The van der Waals surface area contributed by atoms with Crippen molar-refractivity contribution < 1.29 is 9.47 Å². The van der Waals surface area contributed by atoms with Crippen molar-refractivity contribution in [2.75, 3.05) is 19.5 Å². The van der Waals surface area contributed by atoms with Crippen LogP contribution in [-0.2, 0) is 11.3 Å². The Morgan fingerprint density at radius 1 is 1.26 bits per heavy atom. The average molecular weight is 371 g/mol. The molecule has 19 heavy (non-hydrogen) atoms. The summed E-state index contributed by atoms with van der Waals surface area (Å²) in [5.74, 6) is 2.54. The number of aromatic nitrogens is 2. The Bertz CT molecular complexity index is 563. The van der Waals surface area contributed by atoms with Crippen LogP contribution in [-0.4, -0.2) is 24.1 Å². The second-order valence-electron chi connectivity index (χ2n) is 3.72. The van der Waals surface area contributed by atoms with E-state index in [0.717, 1.165) is 9.32 Å². The Labute approximate surface area is 125 Å². The topological polar surface area (TPSA) is 56.3 Å². The molecule has 0 amide bonds. The first-order valence-corrected chi connectivity index (χ1v) is 6.78.